The number of carbonyl (C=O) groups excluding carboxylic acids is 3. The van der Waals surface area contributed by atoms with E-state index in [1.165, 1.54) is 18.5 Å². The van der Waals surface area contributed by atoms with Gasteiger partial charge in [-0.3, -0.25) is 14.4 Å². The summed E-state index contributed by atoms with van der Waals surface area (Å²) in [6, 6.07) is 13.0. The minimum Gasteiger partial charge on any atom is -0.350 e. The first-order valence-corrected chi connectivity index (χ1v) is 12.1. The van der Waals surface area contributed by atoms with Crippen molar-refractivity contribution in [3.63, 3.8) is 0 Å². The van der Waals surface area contributed by atoms with Gasteiger partial charge in [0.1, 0.15) is 17.1 Å². The van der Waals surface area contributed by atoms with Gasteiger partial charge in [-0.1, -0.05) is 41.9 Å². The highest BCUT2D eigenvalue weighted by molar-refractivity contribution is 6.31. The molecule has 1 aromatic heterocycles. The number of amides is 3. The van der Waals surface area contributed by atoms with Gasteiger partial charge in [0, 0.05) is 24.2 Å². The largest absolute Gasteiger partial charge is 0.350 e. The molecule has 1 fully saturated rings. The summed E-state index contributed by atoms with van der Waals surface area (Å²) in [5, 5.41) is 6.22. The second-order valence-corrected chi connectivity index (χ2v) is 9.74. The van der Waals surface area contributed by atoms with Crippen LogP contribution in [-0.2, 0) is 24.4 Å². The smallest absolute Gasteiger partial charge is 0.274 e. The van der Waals surface area contributed by atoms with Gasteiger partial charge < -0.3 is 20.1 Å². The second kappa shape index (κ2) is 9.39. The Kier molecular flexibility index (Phi) is 6.26. The lowest BCUT2D eigenvalue weighted by Crippen LogP contribution is -2.64. The Morgan fingerprint density at radius 3 is 2.53 bits per heavy atom. The Labute approximate surface area is 212 Å². The molecule has 10 heteroatoms. The number of halogens is 2. The Morgan fingerprint density at radius 1 is 1.11 bits per heavy atom. The number of aromatic nitrogens is 2. The number of hydrogen-bond acceptors (Lipinski definition) is 4. The summed E-state index contributed by atoms with van der Waals surface area (Å²) in [5.74, 6) is -1.57. The molecule has 0 spiro atoms. The van der Waals surface area contributed by atoms with Crippen LogP contribution in [0.25, 0.3) is 0 Å². The highest BCUT2D eigenvalue weighted by Crippen LogP contribution is 2.39. The highest BCUT2D eigenvalue weighted by Gasteiger charge is 2.53. The number of imidazole rings is 1. The summed E-state index contributed by atoms with van der Waals surface area (Å²) in [6.07, 6.45) is 3.00. The van der Waals surface area contributed by atoms with Crippen molar-refractivity contribution in [2.24, 2.45) is 0 Å². The zero-order valence-corrected chi connectivity index (χ0v) is 20.4. The van der Waals surface area contributed by atoms with Gasteiger partial charge in [-0.25, -0.2) is 9.37 Å². The van der Waals surface area contributed by atoms with E-state index in [0.717, 1.165) is 18.4 Å². The van der Waals surface area contributed by atoms with Crippen LogP contribution in [0.15, 0.2) is 54.9 Å². The molecule has 1 aliphatic heterocycles. The van der Waals surface area contributed by atoms with Crippen molar-refractivity contribution in [3.8, 4) is 0 Å². The standard InChI is InChI=1S/C26H25ClFN5O3/c1-26(25(36)30-13-17-4-2-3-5-20(17)27)14-32-15-31-21(22(32)24(35)33(26)19-10-11-19)23(34)29-12-16-6-8-18(28)9-7-16/h2-9,15,19H,10-14H2,1H3,(H,29,34)(H,30,36)/t26-/m0/s1. The summed E-state index contributed by atoms with van der Waals surface area (Å²) in [5.41, 5.74) is 0.502. The Bertz CT molecular complexity index is 1340. The molecule has 2 aromatic carbocycles. The molecule has 3 aromatic rings. The SMILES string of the molecule is C[C@@]1(C(=O)NCc2ccccc2Cl)Cn2cnc(C(=O)NCc3ccc(F)cc3)c2C(=O)N1C1CC1. The van der Waals surface area contributed by atoms with E-state index in [0.29, 0.717) is 10.6 Å². The van der Waals surface area contributed by atoms with Crippen LogP contribution in [0, 0.1) is 5.82 Å². The summed E-state index contributed by atoms with van der Waals surface area (Å²) in [6.45, 7) is 2.29. The zero-order valence-electron chi connectivity index (χ0n) is 19.6. The van der Waals surface area contributed by atoms with E-state index in [9.17, 15) is 18.8 Å². The first-order valence-electron chi connectivity index (χ1n) is 11.7. The van der Waals surface area contributed by atoms with Crippen LogP contribution in [0.4, 0.5) is 4.39 Å². The minimum atomic E-state index is -1.16. The van der Waals surface area contributed by atoms with Gasteiger partial charge in [0.05, 0.1) is 12.9 Å². The van der Waals surface area contributed by atoms with Gasteiger partial charge in [-0.05, 0) is 49.1 Å². The van der Waals surface area contributed by atoms with E-state index < -0.39 is 17.4 Å². The molecule has 186 valence electrons. The van der Waals surface area contributed by atoms with E-state index in [4.69, 9.17) is 11.6 Å². The normalized spacial score (nSPS) is 19.1. The monoisotopic (exact) mass is 509 g/mol. The van der Waals surface area contributed by atoms with Crippen LogP contribution in [0.1, 0.15) is 51.9 Å². The minimum absolute atomic E-state index is 0.00582. The van der Waals surface area contributed by atoms with E-state index in [2.05, 4.69) is 15.6 Å². The number of hydrogen-bond donors (Lipinski definition) is 2. The summed E-state index contributed by atoms with van der Waals surface area (Å²) in [7, 11) is 0. The third kappa shape index (κ3) is 4.46. The maximum absolute atomic E-state index is 13.7. The van der Waals surface area contributed by atoms with Crippen LogP contribution < -0.4 is 10.6 Å². The van der Waals surface area contributed by atoms with Crippen molar-refractivity contribution in [1.82, 2.24) is 25.1 Å². The Hall–Kier alpha value is -3.72. The van der Waals surface area contributed by atoms with Crippen molar-refractivity contribution in [1.29, 1.82) is 0 Å². The van der Waals surface area contributed by atoms with E-state index in [-0.39, 0.29) is 48.8 Å². The topological polar surface area (TPSA) is 96.3 Å². The average Bonchev–Trinajstić information content (AvgIpc) is 3.60. The predicted molar refractivity (Wildman–Crippen MR) is 131 cm³/mol. The number of rotatable bonds is 7. The van der Waals surface area contributed by atoms with Crippen molar-refractivity contribution in [2.45, 2.75) is 51.0 Å². The van der Waals surface area contributed by atoms with Gasteiger partial charge in [0.25, 0.3) is 11.8 Å². The molecule has 0 unspecified atom stereocenters. The van der Waals surface area contributed by atoms with Crippen LogP contribution in [0.5, 0.6) is 0 Å². The molecule has 36 heavy (non-hydrogen) atoms. The van der Waals surface area contributed by atoms with Crippen LogP contribution >= 0.6 is 11.6 Å². The van der Waals surface area contributed by atoms with E-state index in [1.807, 2.05) is 18.2 Å². The van der Waals surface area contributed by atoms with Crippen LogP contribution in [0.3, 0.4) is 0 Å². The van der Waals surface area contributed by atoms with E-state index in [1.54, 1.807) is 34.6 Å². The van der Waals surface area contributed by atoms with Crippen molar-refractivity contribution in [2.75, 3.05) is 0 Å². The molecular weight excluding hydrogens is 485 g/mol. The molecule has 1 aliphatic carbocycles. The fourth-order valence-corrected chi connectivity index (χ4v) is 4.80. The lowest BCUT2D eigenvalue weighted by Gasteiger charge is -2.44. The summed E-state index contributed by atoms with van der Waals surface area (Å²) >= 11 is 6.23. The van der Waals surface area contributed by atoms with Gasteiger partial charge in [0.2, 0.25) is 5.91 Å². The van der Waals surface area contributed by atoms with Crippen molar-refractivity contribution >= 4 is 29.3 Å². The Morgan fingerprint density at radius 2 is 1.83 bits per heavy atom. The number of nitrogens with zero attached hydrogens (tertiary/aromatic N) is 3. The van der Waals surface area contributed by atoms with Gasteiger partial charge >= 0.3 is 0 Å². The maximum atomic E-state index is 13.7. The summed E-state index contributed by atoms with van der Waals surface area (Å²) < 4.78 is 14.7. The molecule has 0 saturated heterocycles. The molecule has 3 amide bonds. The first-order chi connectivity index (χ1) is 17.3. The number of carbonyl (C=O) groups is 3. The Balaban J connectivity index is 1.36. The number of nitrogens with one attached hydrogen (secondary N) is 2. The molecule has 0 radical (unpaired) electrons. The zero-order chi connectivity index (χ0) is 25.4. The van der Waals surface area contributed by atoms with Crippen molar-refractivity contribution < 1.29 is 18.8 Å². The number of benzene rings is 2. The molecule has 5 rings (SSSR count). The third-order valence-electron chi connectivity index (χ3n) is 6.65. The predicted octanol–water partition coefficient (Wildman–Crippen LogP) is 3.30. The fraction of sp³-hybridized carbons (Fsp3) is 0.308. The van der Waals surface area contributed by atoms with Gasteiger partial charge in [0.15, 0.2) is 5.69 Å². The second-order valence-electron chi connectivity index (χ2n) is 9.33. The van der Waals surface area contributed by atoms with Crippen LogP contribution in [-0.4, -0.2) is 43.8 Å². The molecule has 2 aliphatic rings. The number of fused-ring (bicyclic) bond motifs is 1. The lowest BCUT2D eigenvalue weighted by atomic mass is 9.93. The average molecular weight is 510 g/mol. The van der Waals surface area contributed by atoms with Gasteiger partial charge in [-0.2, -0.15) is 0 Å². The molecule has 0 bridgehead atoms. The third-order valence-corrected chi connectivity index (χ3v) is 7.02. The molecule has 1 atom stereocenters. The van der Waals surface area contributed by atoms with Crippen LogP contribution in [0.2, 0.25) is 5.02 Å². The molecule has 2 heterocycles. The highest BCUT2D eigenvalue weighted by atomic mass is 35.5. The molecule has 8 nitrogen and oxygen atoms in total. The fourth-order valence-electron chi connectivity index (χ4n) is 4.60. The molecule has 2 N–H and O–H groups in total. The molecule has 1 saturated carbocycles. The van der Waals surface area contributed by atoms with Gasteiger partial charge in [-0.15, -0.1) is 0 Å². The lowest BCUT2D eigenvalue weighted by molar-refractivity contribution is -0.133. The molecular formula is C26H25ClFN5O3. The van der Waals surface area contributed by atoms with Crippen molar-refractivity contribution in [3.05, 3.63) is 88.2 Å². The summed E-state index contributed by atoms with van der Waals surface area (Å²) in [4.78, 5) is 45.9. The van der Waals surface area contributed by atoms with E-state index >= 15 is 0 Å². The maximum Gasteiger partial charge on any atom is 0.274 e. The quantitative estimate of drug-likeness (QED) is 0.511. The first kappa shape index (κ1) is 24.0.